The van der Waals surface area contributed by atoms with Crippen LogP contribution in [0.3, 0.4) is 0 Å². The number of hydrogen-bond donors (Lipinski definition) is 0. The normalized spacial score (nSPS) is 18.4. The molecule has 4 rings (SSSR count). The number of imidazole rings is 1. The molecule has 140 valence electrons. The summed E-state index contributed by atoms with van der Waals surface area (Å²) in [5.41, 5.74) is 2.63. The molecule has 1 fully saturated rings. The van der Waals surface area contributed by atoms with E-state index in [1.54, 1.807) is 12.4 Å². The van der Waals surface area contributed by atoms with Gasteiger partial charge in [-0.05, 0) is 51.3 Å². The van der Waals surface area contributed by atoms with Gasteiger partial charge in [-0.3, -0.25) is 9.36 Å². The summed E-state index contributed by atoms with van der Waals surface area (Å²) >= 11 is 0. The van der Waals surface area contributed by atoms with Crippen molar-refractivity contribution < 1.29 is 14.3 Å². The Labute approximate surface area is 158 Å². The summed E-state index contributed by atoms with van der Waals surface area (Å²) in [6.07, 6.45) is 5.04. The van der Waals surface area contributed by atoms with Crippen molar-refractivity contribution in [2.24, 2.45) is 0 Å². The van der Waals surface area contributed by atoms with Gasteiger partial charge in [0, 0.05) is 6.54 Å². The maximum atomic E-state index is 13.2. The number of aromatic nitrogens is 2. The van der Waals surface area contributed by atoms with Crippen LogP contribution in [0.15, 0.2) is 31.1 Å². The predicted molar refractivity (Wildman–Crippen MR) is 102 cm³/mol. The van der Waals surface area contributed by atoms with E-state index in [0.717, 1.165) is 29.8 Å². The molecule has 0 bridgehead atoms. The first-order valence-electron chi connectivity index (χ1n) is 9.18. The van der Waals surface area contributed by atoms with Crippen molar-refractivity contribution in [2.45, 2.75) is 45.3 Å². The minimum Gasteiger partial charge on any atom is -0.455 e. The molecule has 27 heavy (non-hydrogen) atoms. The lowest BCUT2D eigenvalue weighted by Gasteiger charge is -2.24. The molecule has 1 aromatic carbocycles. The molecule has 1 atom stereocenters. The largest absolute Gasteiger partial charge is 0.455 e. The van der Waals surface area contributed by atoms with Crippen LogP contribution in [0.1, 0.15) is 71.8 Å². The Bertz CT molecular complexity index is 952. The van der Waals surface area contributed by atoms with Crippen molar-refractivity contribution in [1.29, 1.82) is 0 Å². The second-order valence-corrected chi connectivity index (χ2v) is 7.99. The van der Waals surface area contributed by atoms with E-state index >= 15 is 0 Å². The lowest BCUT2D eigenvalue weighted by atomic mass is 10.1. The molecule has 2 aliphatic rings. The highest BCUT2D eigenvalue weighted by molar-refractivity contribution is 6.00. The van der Waals surface area contributed by atoms with Crippen LogP contribution in [0, 0.1) is 0 Å². The van der Waals surface area contributed by atoms with Gasteiger partial charge >= 0.3 is 5.97 Å². The zero-order chi connectivity index (χ0) is 19.3. The predicted octanol–water partition coefficient (Wildman–Crippen LogP) is 3.76. The molecule has 0 N–H and O–H groups in total. The van der Waals surface area contributed by atoms with Crippen LogP contribution in [0.2, 0.25) is 0 Å². The molecule has 2 aromatic rings. The fourth-order valence-corrected chi connectivity index (χ4v) is 3.86. The number of carbonyl (C=O) groups is 2. The minimum absolute atomic E-state index is 0.0185. The van der Waals surface area contributed by atoms with Crippen LogP contribution in [0.5, 0.6) is 0 Å². The molecule has 1 aromatic heterocycles. The van der Waals surface area contributed by atoms with Gasteiger partial charge in [0.1, 0.15) is 11.9 Å². The number of fused-ring (bicyclic) bond motifs is 5. The van der Waals surface area contributed by atoms with Gasteiger partial charge in [-0.2, -0.15) is 0 Å². The van der Waals surface area contributed by atoms with E-state index in [9.17, 15) is 9.59 Å². The van der Waals surface area contributed by atoms with Crippen LogP contribution in [0.25, 0.3) is 11.8 Å². The molecule has 1 amide bonds. The Morgan fingerprint density at radius 3 is 2.85 bits per heavy atom. The van der Waals surface area contributed by atoms with Gasteiger partial charge in [0.15, 0.2) is 5.69 Å². The molecule has 0 saturated carbocycles. The lowest BCUT2D eigenvalue weighted by molar-refractivity contribution is 0.00596. The summed E-state index contributed by atoms with van der Waals surface area (Å²) in [5.74, 6) is -0.475. The average molecular weight is 365 g/mol. The van der Waals surface area contributed by atoms with Crippen molar-refractivity contribution in [3.05, 3.63) is 53.6 Å². The van der Waals surface area contributed by atoms with Crippen LogP contribution in [-0.2, 0) is 4.74 Å². The van der Waals surface area contributed by atoms with Crippen LogP contribution >= 0.6 is 0 Å². The van der Waals surface area contributed by atoms with Gasteiger partial charge in [0.2, 0.25) is 0 Å². The zero-order valence-electron chi connectivity index (χ0n) is 15.9. The third-order valence-electron chi connectivity index (χ3n) is 4.97. The molecular formula is C21H23N3O3. The maximum absolute atomic E-state index is 13.2. The smallest absolute Gasteiger partial charge is 0.359 e. The summed E-state index contributed by atoms with van der Waals surface area (Å²) < 4.78 is 7.43. The second kappa shape index (κ2) is 6.08. The van der Waals surface area contributed by atoms with Crippen LogP contribution in [0.4, 0.5) is 0 Å². The zero-order valence-corrected chi connectivity index (χ0v) is 15.9. The van der Waals surface area contributed by atoms with Gasteiger partial charge in [0.05, 0.1) is 23.0 Å². The highest BCUT2D eigenvalue weighted by atomic mass is 16.6. The maximum Gasteiger partial charge on any atom is 0.359 e. The first kappa shape index (κ1) is 17.5. The molecule has 0 aliphatic carbocycles. The van der Waals surface area contributed by atoms with Crippen molar-refractivity contribution in [3.8, 4) is 5.69 Å². The van der Waals surface area contributed by atoms with Gasteiger partial charge < -0.3 is 9.64 Å². The summed E-state index contributed by atoms with van der Waals surface area (Å²) in [6, 6.07) is 5.47. The second-order valence-electron chi connectivity index (χ2n) is 7.99. The average Bonchev–Trinajstić information content (AvgIpc) is 3.23. The van der Waals surface area contributed by atoms with Gasteiger partial charge in [-0.25, -0.2) is 9.78 Å². The van der Waals surface area contributed by atoms with E-state index in [1.165, 1.54) is 0 Å². The standard InChI is InChI=1S/C21H23N3O3/c1-5-13-8-9-15-14(11-13)19(25)23-10-6-7-16(23)18-17(22-12-24(15)18)20(26)27-21(2,3)4/h5,8-9,11-12,16H,1,6-7,10H2,2-4H3/t16-/m0/s1. The van der Waals surface area contributed by atoms with Crippen LogP contribution in [-0.4, -0.2) is 38.5 Å². The molecule has 1 saturated heterocycles. The molecule has 2 aliphatic heterocycles. The van der Waals surface area contributed by atoms with Gasteiger partial charge in [0.25, 0.3) is 5.91 Å². The molecule has 0 spiro atoms. The highest BCUT2D eigenvalue weighted by Crippen LogP contribution is 2.40. The Kier molecular flexibility index (Phi) is 3.94. The number of amides is 1. The highest BCUT2D eigenvalue weighted by Gasteiger charge is 2.40. The Morgan fingerprint density at radius 1 is 1.37 bits per heavy atom. The van der Waals surface area contributed by atoms with E-state index in [1.807, 2.05) is 48.4 Å². The Morgan fingerprint density at radius 2 is 2.15 bits per heavy atom. The molecular weight excluding hydrogens is 342 g/mol. The van der Waals surface area contributed by atoms with Crippen molar-refractivity contribution in [2.75, 3.05) is 6.54 Å². The first-order chi connectivity index (χ1) is 12.8. The minimum atomic E-state index is -0.611. The molecule has 0 radical (unpaired) electrons. The van der Waals surface area contributed by atoms with E-state index in [-0.39, 0.29) is 17.6 Å². The quantitative estimate of drug-likeness (QED) is 0.760. The number of ether oxygens (including phenoxy) is 1. The first-order valence-corrected chi connectivity index (χ1v) is 9.18. The lowest BCUT2D eigenvalue weighted by Crippen LogP contribution is -2.31. The molecule has 0 unspecified atom stereocenters. The molecule has 6 heteroatoms. The van der Waals surface area contributed by atoms with Crippen molar-refractivity contribution in [3.63, 3.8) is 0 Å². The monoisotopic (exact) mass is 365 g/mol. The van der Waals surface area contributed by atoms with E-state index in [2.05, 4.69) is 11.6 Å². The number of hydrogen-bond acceptors (Lipinski definition) is 4. The van der Waals surface area contributed by atoms with Gasteiger partial charge in [-0.1, -0.05) is 18.7 Å². The third kappa shape index (κ3) is 2.85. The van der Waals surface area contributed by atoms with Crippen molar-refractivity contribution in [1.82, 2.24) is 14.5 Å². The summed E-state index contributed by atoms with van der Waals surface area (Å²) in [5, 5.41) is 0. The fraction of sp³-hybridized carbons (Fsp3) is 0.381. The number of nitrogens with zero attached hydrogens (tertiary/aromatic N) is 3. The Balaban J connectivity index is 1.91. The van der Waals surface area contributed by atoms with Crippen molar-refractivity contribution >= 4 is 18.0 Å². The topological polar surface area (TPSA) is 64.4 Å². The molecule has 3 heterocycles. The summed E-state index contributed by atoms with van der Waals surface area (Å²) in [7, 11) is 0. The van der Waals surface area contributed by atoms with E-state index in [0.29, 0.717) is 12.1 Å². The Hall–Kier alpha value is -2.89. The number of esters is 1. The SMILES string of the molecule is C=Cc1ccc2c(c1)C(=O)N1CCC[C@H]1c1c(C(=O)OC(C)(C)C)ncn1-2. The number of carbonyl (C=O) groups excluding carboxylic acids is 2. The number of rotatable bonds is 2. The van der Waals surface area contributed by atoms with E-state index in [4.69, 9.17) is 4.74 Å². The number of benzene rings is 1. The molecule has 6 nitrogen and oxygen atoms in total. The third-order valence-corrected chi connectivity index (χ3v) is 4.97. The summed E-state index contributed by atoms with van der Waals surface area (Å²) in [4.78, 5) is 32.2. The van der Waals surface area contributed by atoms with Gasteiger partial charge in [-0.15, -0.1) is 0 Å². The fourth-order valence-electron chi connectivity index (χ4n) is 3.86. The summed E-state index contributed by atoms with van der Waals surface area (Å²) in [6.45, 7) is 9.95. The van der Waals surface area contributed by atoms with Crippen LogP contribution < -0.4 is 0 Å². The van der Waals surface area contributed by atoms with E-state index < -0.39 is 11.6 Å².